The van der Waals surface area contributed by atoms with Crippen molar-refractivity contribution in [3.8, 4) is 27.3 Å². The Kier molecular flexibility index (Phi) is 18.5. The Labute approximate surface area is 438 Å². The first kappa shape index (κ1) is 55.4. The van der Waals surface area contributed by atoms with Crippen LogP contribution in [0.3, 0.4) is 0 Å². The van der Waals surface area contributed by atoms with Crippen LogP contribution in [0.5, 0.6) is 5.75 Å². The van der Waals surface area contributed by atoms with Crippen LogP contribution in [0.25, 0.3) is 21.6 Å². The van der Waals surface area contributed by atoms with Gasteiger partial charge in [0.2, 0.25) is 17.7 Å². The van der Waals surface area contributed by atoms with E-state index >= 15 is 0 Å². The minimum absolute atomic E-state index is 0.0307. The molecular weight excluding hydrogens is 959 g/mol. The summed E-state index contributed by atoms with van der Waals surface area (Å²) < 4.78 is 17.5. The van der Waals surface area contributed by atoms with Crippen molar-refractivity contribution in [2.24, 2.45) is 5.41 Å². The van der Waals surface area contributed by atoms with Gasteiger partial charge in [-0.3, -0.25) is 24.0 Å². The van der Waals surface area contributed by atoms with E-state index in [-0.39, 0.29) is 62.2 Å². The highest BCUT2D eigenvalue weighted by atomic mass is 32.1. The van der Waals surface area contributed by atoms with Crippen molar-refractivity contribution in [1.82, 2.24) is 30.8 Å². The van der Waals surface area contributed by atoms with Crippen LogP contribution in [0.15, 0.2) is 77.0 Å². The molecule has 0 aliphatic carbocycles. The van der Waals surface area contributed by atoms with Crippen LogP contribution >= 0.6 is 11.3 Å². The van der Waals surface area contributed by atoms with Gasteiger partial charge in [-0.25, -0.2) is 4.98 Å². The van der Waals surface area contributed by atoms with Crippen LogP contribution in [0.2, 0.25) is 0 Å². The molecule has 7 rings (SSSR count). The lowest BCUT2D eigenvalue weighted by Crippen LogP contribution is -2.58. The van der Waals surface area contributed by atoms with Crippen molar-refractivity contribution < 1.29 is 38.5 Å². The first-order valence-corrected chi connectivity index (χ1v) is 26.6. The average Bonchev–Trinajstić information content (AvgIpc) is 3.99. The number of nitrogens with zero attached hydrogens (tertiary/aromatic N) is 3. The molecule has 74 heavy (non-hydrogen) atoms. The van der Waals surface area contributed by atoms with Gasteiger partial charge in [0.25, 0.3) is 11.5 Å². The molecule has 0 spiro atoms. The van der Waals surface area contributed by atoms with Crippen LogP contribution in [0, 0.1) is 33.1 Å². The molecule has 5 N–H and O–H groups in total. The fourth-order valence-electron chi connectivity index (χ4n) is 9.86. The zero-order valence-electron chi connectivity index (χ0n) is 44.3. The molecule has 2 fully saturated rings. The lowest BCUT2D eigenvalue weighted by Gasteiger charge is -2.37. The minimum atomic E-state index is -0.987. The molecule has 4 heterocycles. The summed E-state index contributed by atoms with van der Waals surface area (Å²) in [7, 11) is 0. The highest BCUT2D eigenvalue weighted by Gasteiger charge is 2.45. The standard InChI is InChI=1S/C57H73N7O9S/c1-10-63(43-20-24-71-25-21-43)48-28-42(27-46(36(48)4)53(67)58-30-47-34(2)26-35(3)60-54(47)68)40-16-18-45(19-17-40)73-23-11-22-72-32-50(66)62-52(57(7,8)9)56(70)64-31-44(65)29-49(64)55(69)61-37(5)39-12-14-41(15-13-39)51-38(6)59-33-74-51/h12-19,26-28,33,37,43-44,49,52,65H,10-11,20-25,29-32H2,1-9H3,(H,58,67)(H,60,68)(H,61,69)(H,62,66)/t37-,44+,49-,52+/m0/s1. The molecule has 396 valence electrons. The Bertz CT molecular complexity index is 2820. The third-order valence-corrected chi connectivity index (χ3v) is 15.0. The van der Waals surface area contributed by atoms with Gasteiger partial charge >= 0.3 is 0 Å². The molecule has 17 heteroatoms. The Morgan fingerprint density at radius 1 is 0.946 bits per heavy atom. The molecular formula is C57H73N7O9S. The molecule has 0 unspecified atom stereocenters. The van der Waals surface area contributed by atoms with Crippen LogP contribution in [-0.4, -0.2) is 114 Å². The Morgan fingerprint density at radius 3 is 2.30 bits per heavy atom. The molecule has 3 aromatic carbocycles. The highest BCUT2D eigenvalue weighted by molar-refractivity contribution is 7.13. The summed E-state index contributed by atoms with van der Waals surface area (Å²) >= 11 is 1.57. The van der Waals surface area contributed by atoms with Gasteiger partial charge in [-0.1, -0.05) is 57.2 Å². The second-order valence-corrected chi connectivity index (χ2v) is 21.4. The maximum Gasteiger partial charge on any atom is 0.253 e. The van der Waals surface area contributed by atoms with E-state index in [9.17, 15) is 29.1 Å². The number of aliphatic hydroxyl groups is 1. The van der Waals surface area contributed by atoms with Gasteiger partial charge in [-0.05, 0) is 124 Å². The molecule has 4 atom stereocenters. The van der Waals surface area contributed by atoms with Gasteiger partial charge in [0.1, 0.15) is 24.4 Å². The van der Waals surface area contributed by atoms with Crippen LogP contribution in [0.1, 0.15) is 110 Å². The van der Waals surface area contributed by atoms with Crippen LogP contribution in [0.4, 0.5) is 5.69 Å². The smallest absolute Gasteiger partial charge is 0.253 e. The molecule has 4 amide bonds. The number of H-pyrrole nitrogens is 1. The number of β-amino-alcohol motifs (C(OH)–C–C–N with tert-alkyl or cyclic N) is 1. The van der Waals surface area contributed by atoms with Crippen molar-refractivity contribution in [2.75, 3.05) is 51.0 Å². The van der Waals surface area contributed by atoms with Crippen LogP contribution < -0.4 is 31.1 Å². The van der Waals surface area contributed by atoms with Crippen LogP contribution in [-0.2, 0) is 30.4 Å². The second kappa shape index (κ2) is 24.8. The summed E-state index contributed by atoms with van der Waals surface area (Å²) in [5.41, 5.74) is 10.0. The number of rotatable bonds is 20. The monoisotopic (exact) mass is 1030 g/mol. The average molecular weight is 1030 g/mol. The number of likely N-dealkylation sites (tertiary alicyclic amines) is 1. The number of carbonyl (C=O) groups excluding carboxylic acids is 4. The number of amides is 4. The lowest BCUT2D eigenvalue weighted by atomic mass is 9.85. The van der Waals surface area contributed by atoms with E-state index in [0.717, 1.165) is 74.7 Å². The zero-order chi connectivity index (χ0) is 53.3. The number of benzene rings is 3. The number of nitrogens with one attached hydrogen (secondary N) is 4. The molecule has 5 aromatic rings. The van der Waals surface area contributed by atoms with E-state index < -0.39 is 35.4 Å². The number of anilines is 1. The summed E-state index contributed by atoms with van der Waals surface area (Å²) in [6, 6.07) is 19.6. The molecule has 0 saturated carbocycles. The molecule has 2 saturated heterocycles. The Morgan fingerprint density at radius 2 is 1.65 bits per heavy atom. The van der Waals surface area contributed by atoms with Crippen molar-refractivity contribution in [3.05, 3.63) is 122 Å². The van der Waals surface area contributed by atoms with Crippen molar-refractivity contribution in [3.63, 3.8) is 0 Å². The summed E-state index contributed by atoms with van der Waals surface area (Å²) in [5, 5.41) is 19.6. The third kappa shape index (κ3) is 13.7. The molecule has 2 aliphatic rings. The summed E-state index contributed by atoms with van der Waals surface area (Å²) in [6.07, 6.45) is 1.45. The predicted molar refractivity (Wildman–Crippen MR) is 288 cm³/mol. The predicted octanol–water partition coefficient (Wildman–Crippen LogP) is 7.49. The number of aryl methyl sites for hydroxylation is 3. The number of carbonyl (C=O) groups is 4. The number of ether oxygens (including phenoxy) is 3. The van der Waals surface area contributed by atoms with Gasteiger partial charge in [0.15, 0.2) is 0 Å². The first-order valence-electron chi connectivity index (χ1n) is 25.7. The quantitative estimate of drug-likeness (QED) is 0.0483. The molecule has 0 bridgehead atoms. The van der Waals surface area contributed by atoms with E-state index in [2.05, 4.69) is 43.8 Å². The van der Waals surface area contributed by atoms with Gasteiger partial charge < -0.3 is 50.1 Å². The molecule has 16 nitrogen and oxygen atoms in total. The fraction of sp³-hybridized carbons (Fsp3) is 0.474. The number of aromatic nitrogens is 2. The first-order chi connectivity index (χ1) is 35.3. The second-order valence-electron chi connectivity index (χ2n) is 20.6. The van der Waals surface area contributed by atoms with Crippen molar-refractivity contribution in [2.45, 2.75) is 125 Å². The van der Waals surface area contributed by atoms with Crippen molar-refractivity contribution >= 4 is 40.7 Å². The number of pyridine rings is 1. The minimum Gasteiger partial charge on any atom is -0.494 e. The number of aromatic amines is 1. The third-order valence-electron chi connectivity index (χ3n) is 14.0. The fourth-order valence-corrected chi connectivity index (χ4v) is 10.7. The van der Waals surface area contributed by atoms with Crippen molar-refractivity contribution in [1.29, 1.82) is 0 Å². The lowest BCUT2D eigenvalue weighted by molar-refractivity contribution is -0.144. The van der Waals surface area contributed by atoms with Gasteiger partial charge in [-0.15, -0.1) is 11.3 Å². The van der Waals surface area contributed by atoms with Gasteiger partial charge in [-0.2, -0.15) is 0 Å². The normalized spacial score (nSPS) is 16.9. The molecule has 2 aromatic heterocycles. The van der Waals surface area contributed by atoms with E-state index in [1.54, 1.807) is 11.3 Å². The molecule has 0 radical (unpaired) electrons. The number of hydrogen-bond donors (Lipinski definition) is 5. The van der Waals surface area contributed by atoms with Gasteiger partial charge in [0.05, 0.1) is 41.4 Å². The van der Waals surface area contributed by atoms with E-state index in [0.29, 0.717) is 43.1 Å². The van der Waals surface area contributed by atoms with E-state index in [1.807, 2.05) is 122 Å². The highest BCUT2D eigenvalue weighted by Crippen LogP contribution is 2.35. The molecule has 2 aliphatic heterocycles. The van der Waals surface area contributed by atoms with E-state index in [1.165, 1.54) is 4.90 Å². The number of thiazole rings is 1. The SMILES string of the molecule is CCN(c1cc(-c2ccc(OCCCOCC(=O)N[C@H](C(=O)N3C[C@H](O)C[C@H]3C(=O)N[C@@H](C)c3ccc(-c4scnc4C)cc3)C(C)(C)C)cc2)cc(C(=O)NCc2c(C)cc(C)[nH]c2=O)c1C)C1CCOCC1. The summed E-state index contributed by atoms with van der Waals surface area (Å²) in [5.74, 6) is -0.929. The maximum absolute atomic E-state index is 14.2. The Hall–Kier alpha value is -6.40. The maximum atomic E-state index is 14.2. The zero-order valence-corrected chi connectivity index (χ0v) is 45.1. The van der Waals surface area contributed by atoms with Gasteiger partial charge in [0, 0.05) is 74.2 Å². The van der Waals surface area contributed by atoms with E-state index in [4.69, 9.17) is 14.2 Å². The number of hydrogen-bond acceptors (Lipinski definition) is 12. The Balaban J connectivity index is 0.916. The largest absolute Gasteiger partial charge is 0.494 e. The number of aliphatic hydroxyl groups excluding tert-OH is 1. The topological polar surface area (TPSA) is 205 Å². The summed E-state index contributed by atoms with van der Waals surface area (Å²) in [6.45, 7) is 19.6. The summed E-state index contributed by atoms with van der Waals surface area (Å²) in [4.78, 5) is 79.9.